The lowest BCUT2D eigenvalue weighted by Gasteiger charge is -2.34. The monoisotopic (exact) mass is 317 g/mol. The summed E-state index contributed by atoms with van der Waals surface area (Å²) in [5, 5.41) is 13.1. The van der Waals surface area contributed by atoms with Crippen LogP contribution < -0.4 is 10.1 Å². The SMILES string of the molecule is COc1ccc(NC(=O)N2CCOC[C@H]2CO)c2cccnc12. The molecule has 1 aliphatic rings. The van der Waals surface area contributed by atoms with Crippen molar-refractivity contribution in [1.29, 1.82) is 0 Å². The standard InChI is InChI=1S/C16H19N3O4/c1-22-14-5-4-13(12-3-2-6-17-15(12)14)18-16(21)19-7-8-23-10-11(19)9-20/h2-6,11,20H,7-10H2,1H3,(H,18,21)/t11-/m1/s1. The van der Waals surface area contributed by atoms with Crippen LogP contribution in [0.1, 0.15) is 0 Å². The Morgan fingerprint density at radius 2 is 2.39 bits per heavy atom. The highest BCUT2D eigenvalue weighted by atomic mass is 16.5. The number of ether oxygens (including phenoxy) is 2. The van der Waals surface area contributed by atoms with Gasteiger partial charge in [0.05, 0.1) is 38.7 Å². The number of amides is 2. The van der Waals surface area contributed by atoms with Gasteiger partial charge in [-0.15, -0.1) is 0 Å². The number of morpholine rings is 1. The normalized spacial score (nSPS) is 18.0. The van der Waals surface area contributed by atoms with Crippen LogP contribution in [0.15, 0.2) is 30.5 Å². The Hall–Kier alpha value is -2.38. The summed E-state index contributed by atoms with van der Waals surface area (Å²) in [4.78, 5) is 18.4. The Morgan fingerprint density at radius 1 is 1.52 bits per heavy atom. The number of hydrogen-bond donors (Lipinski definition) is 2. The zero-order valence-electron chi connectivity index (χ0n) is 12.9. The first kappa shape index (κ1) is 15.5. The van der Waals surface area contributed by atoms with Crippen LogP contribution in [0.3, 0.4) is 0 Å². The van der Waals surface area contributed by atoms with E-state index in [1.165, 1.54) is 0 Å². The second kappa shape index (κ2) is 6.80. The van der Waals surface area contributed by atoms with E-state index in [-0.39, 0.29) is 18.7 Å². The Labute approximate surface area is 133 Å². The number of aliphatic hydroxyl groups is 1. The van der Waals surface area contributed by atoms with E-state index in [2.05, 4.69) is 10.3 Å². The minimum Gasteiger partial charge on any atom is -0.494 e. The number of carbonyl (C=O) groups is 1. The molecule has 1 saturated heterocycles. The topological polar surface area (TPSA) is 83.9 Å². The number of pyridine rings is 1. The average Bonchev–Trinajstić information content (AvgIpc) is 2.62. The fraction of sp³-hybridized carbons (Fsp3) is 0.375. The van der Waals surface area contributed by atoms with Crippen molar-refractivity contribution in [3.63, 3.8) is 0 Å². The highest BCUT2D eigenvalue weighted by Crippen LogP contribution is 2.30. The third kappa shape index (κ3) is 3.06. The van der Waals surface area contributed by atoms with Crippen molar-refractivity contribution in [2.24, 2.45) is 0 Å². The van der Waals surface area contributed by atoms with Gasteiger partial charge in [-0.05, 0) is 24.3 Å². The van der Waals surface area contributed by atoms with Crippen LogP contribution in [-0.2, 0) is 4.74 Å². The van der Waals surface area contributed by atoms with Crippen LogP contribution >= 0.6 is 0 Å². The number of aliphatic hydroxyl groups excluding tert-OH is 1. The molecule has 2 amide bonds. The third-order valence-electron chi connectivity index (χ3n) is 3.89. The van der Waals surface area contributed by atoms with Gasteiger partial charge in [0.15, 0.2) is 0 Å². The summed E-state index contributed by atoms with van der Waals surface area (Å²) in [6.07, 6.45) is 1.68. The number of methoxy groups -OCH3 is 1. The van der Waals surface area contributed by atoms with Crippen molar-refractivity contribution < 1.29 is 19.4 Å². The van der Waals surface area contributed by atoms with Gasteiger partial charge in [0.1, 0.15) is 11.3 Å². The quantitative estimate of drug-likeness (QED) is 0.895. The number of benzene rings is 1. The van der Waals surface area contributed by atoms with Gasteiger partial charge in [-0.1, -0.05) is 0 Å². The number of urea groups is 1. The molecular formula is C16H19N3O4. The number of fused-ring (bicyclic) bond motifs is 1. The molecule has 7 heteroatoms. The lowest BCUT2D eigenvalue weighted by atomic mass is 10.1. The summed E-state index contributed by atoms with van der Waals surface area (Å²) >= 11 is 0. The second-order valence-corrected chi connectivity index (χ2v) is 5.25. The van der Waals surface area contributed by atoms with E-state index in [1.54, 1.807) is 30.3 Å². The first-order valence-corrected chi connectivity index (χ1v) is 7.42. The van der Waals surface area contributed by atoms with Gasteiger partial charge in [0, 0.05) is 18.1 Å². The van der Waals surface area contributed by atoms with Crippen molar-refractivity contribution in [3.8, 4) is 5.75 Å². The van der Waals surface area contributed by atoms with E-state index in [0.717, 1.165) is 5.39 Å². The molecule has 23 heavy (non-hydrogen) atoms. The summed E-state index contributed by atoms with van der Waals surface area (Å²) in [6.45, 7) is 1.13. The Bertz CT molecular complexity index is 707. The third-order valence-corrected chi connectivity index (χ3v) is 3.89. The van der Waals surface area contributed by atoms with Crippen LogP contribution in [0.2, 0.25) is 0 Å². The maximum absolute atomic E-state index is 12.5. The van der Waals surface area contributed by atoms with Crippen molar-refractivity contribution in [3.05, 3.63) is 30.5 Å². The molecule has 0 unspecified atom stereocenters. The van der Waals surface area contributed by atoms with Gasteiger partial charge in [-0.25, -0.2) is 4.79 Å². The number of anilines is 1. The zero-order valence-corrected chi connectivity index (χ0v) is 12.9. The first-order valence-electron chi connectivity index (χ1n) is 7.42. The number of rotatable bonds is 3. The van der Waals surface area contributed by atoms with Crippen LogP contribution in [0, 0.1) is 0 Å². The molecule has 1 atom stereocenters. The number of nitrogens with zero attached hydrogens (tertiary/aromatic N) is 2. The van der Waals surface area contributed by atoms with Crippen LogP contribution in [-0.4, -0.2) is 60.5 Å². The maximum atomic E-state index is 12.5. The predicted octanol–water partition coefficient (Wildman–Crippen LogP) is 1.47. The minimum atomic E-state index is -0.327. The van der Waals surface area contributed by atoms with Crippen molar-refractivity contribution in [2.45, 2.75) is 6.04 Å². The van der Waals surface area contributed by atoms with Gasteiger partial charge in [-0.2, -0.15) is 0 Å². The van der Waals surface area contributed by atoms with Crippen LogP contribution in [0.25, 0.3) is 10.9 Å². The van der Waals surface area contributed by atoms with E-state index < -0.39 is 0 Å². The fourth-order valence-electron chi connectivity index (χ4n) is 2.68. The highest BCUT2D eigenvalue weighted by molar-refractivity contribution is 6.02. The summed E-state index contributed by atoms with van der Waals surface area (Å²) in [7, 11) is 1.58. The molecule has 1 aromatic heterocycles. The van der Waals surface area contributed by atoms with Gasteiger partial charge in [-0.3, -0.25) is 4.98 Å². The minimum absolute atomic E-state index is 0.127. The molecule has 7 nitrogen and oxygen atoms in total. The van der Waals surface area contributed by atoms with Crippen molar-refractivity contribution >= 4 is 22.6 Å². The lowest BCUT2D eigenvalue weighted by molar-refractivity contribution is -0.00484. The maximum Gasteiger partial charge on any atom is 0.322 e. The van der Waals surface area contributed by atoms with E-state index in [1.807, 2.05) is 12.1 Å². The molecule has 3 rings (SSSR count). The lowest BCUT2D eigenvalue weighted by Crippen LogP contribution is -2.52. The summed E-state index contributed by atoms with van der Waals surface area (Å²) in [5.41, 5.74) is 1.34. The largest absolute Gasteiger partial charge is 0.494 e. The number of carbonyl (C=O) groups excluding carboxylic acids is 1. The first-order chi connectivity index (χ1) is 11.2. The number of aromatic nitrogens is 1. The molecular weight excluding hydrogens is 298 g/mol. The molecule has 2 heterocycles. The van der Waals surface area contributed by atoms with Gasteiger partial charge in [0.2, 0.25) is 0 Å². The molecule has 2 N–H and O–H groups in total. The van der Waals surface area contributed by atoms with E-state index in [9.17, 15) is 9.90 Å². The van der Waals surface area contributed by atoms with E-state index in [4.69, 9.17) is 9.47 Å². The average molecular weight is 317 g/mol. The van der Waals surface area contributed by atoms with Crippen LogP contribution in [0.4, 0.5) is 10.5 Å². The molecule has 0 spiro atoms. The predicted molar refractivity (Wildman–Crippen MR) is 85.7 cm³/mol. The Balaban J connectivity index is 1.88. The molecule has 0 radical (unpaired) electrons. The van der Waals surface area contributed by atoms with Crippen molar-refractivity contribution in [2.75, 3.05) is 38.8 Å². The summed E-state index contributed by atoms with van der Waals surface area (Å²) in [6, 6.07) is 6.66. The fourth-order valence-corrected chi connectivity index (χ4v) is 2.68. The van der Waals surface area contributed by atoms with Crippen molar-refractivity contribution in [1.82, 2.24) is 9.88 Å². The smallest absolute Gasteiger partial charge is 0.322 e. The Kier molecular flexibility index (Phi) is 4.59. The van der Waals surface area contributed by atoms with Crippen LogP contribution in [0.5, 0.6) is 5.75 Å². The Morgan fingerprint density at radius 3 is 3.17 bits per heavy atom. The molecule has 1 aliphatic heterocycles. The molecule has 2 aromatic rings. The molecule has 1 aromatic carbocycles. The summed E-state index contributed by atoms with van der Waals surface area (Å²) in [5.74, 6) is 0.651. The number of hydrogen-bond acceptors (Lipinski definition) is 5. The second-order valence-electron chi connectivity index (χ2n) is 5.25. The molecule has 1 fully saturated rings. The number of nitrogens with one attached hydrogen (secondary N) is 1. The molecule has 0 saturated carbocycles. The summed E-state index contributed by atoms with van der Waals surface area (Å²) < 4.78 is 10.6. The van der Waals surface area contributed by atoms with Gasteiger partial charge < -0.3 is 24.8 Å². The van der Waals surface area contributed by atoms with E-state index in [0.29, 0.717) is 36.7 Å². The molecule has 0 aliphatic carbocycles. The highest BCUT2D eigenvalue weighted by Gasteiger charge is 2.27. The van der Waals surface area contributed by atoms with E-state index >= 15 is 0 Å². The zero-order chi connectivity index (χ0) is 16.2. The van der Waals surface area contributed by atoms with Gasteiger partial charge >= 0.3 is 6.03 Å². The molecule has 122 valence electrons. The molecule has 0 bridgehead atoms. The van der Waals surface area contributed by atoms with Gasteiger partial charge in [0.25, 0.3) is 0 Å².